The van der Waals surface area contributed by atoms with Gasteiger partial charge >= 0.3 is 0 Å². The van der Waals surface area contributed by atoms with Crippen LogP contribution in [0.4, 0.5) is 0 Å². The highest BCUT2D eigenvalue weighted by atomic mass is 16.7. The van der Waals surface area contributed by atoms with Crippen molar-refractivity contribution in [2.45, 2.75) is 12.5 Å². The Balaban J connectivity index is 2.26. The highest BCUT2D eigenvalue weighted by Gasteiger charge is 2.11. The van der Waals surface area contributed by atoms with Gasteiger partial charge in [-0.15, -0.1) is 0 Å². The van der Waals surface area contributed by atoms with Crippen molar-refractivity contribution in [2.75, 3.05) is 6.61 Å². The fourth-order valence-electron chi connectivity index (χ4n) is 0.507. The Hall–Kier alpha value is -0.410. The van der Waals surface area contributed by atoms with Crippen molar-refractivity contribution in [1.82, 2.24) is 5.48 Å². The fraction of sp³-hybridized carbons (Fsp3) is 0.750. The number of carbonyl (C=O) groups excluding carboxylic acids is 1. The maximum atomic E-state index is 9.86. The average molecular weight is 101 g/mol. The highest BCUT2D eigenvalue weighted by Crippen LogP contribution is 1.95. The van der Waals surface area contributed by atoms with Gasteiger partial charge in [0.1, 0.15) is 6.29 Å². The first-order valence-corrected chi connectivity index (χ1v) is 2.26. The molecule has 0 aromatic heterocycles. The van der Waals surface area contributed by atoms with Crippen molar-refractivity contribution in [2.24, 2.45) is 0 Å². The van der Waals surface area contributed by atoms with Gasteiger partial charge in [0.2, 0.25) is 0 Å². The van der Waals surface area contributed by atoms with E-state index in [1.807, 2.05) is 0 Å². The van der Waals surface area contributed by atoms with Crippen LogP contribution in [0.1, 0.15) is 6.42 Å². The van der Waals surface area contributed by atoms with Gasteiger partial charge in [-0.05, 0) is 6.42 Å². The van der Waals surface area contributed by atoms with E-state index in [2.05, 4.69) is 10.3 Å². The summed E-state index contributed by atoms with van der Waals surface area (Å²) < 4.78 is 0. The normalized spacial score (nSPS) is 30.6. The third-order valence-electron chi connectivity index (χ3n) is 0.930. The van der Waals surface area contributed by atoms with Gasteiger partial charge in [0.15, 0.2) is 0 Å². The zero-order valence-corrected chi connectivity index (χ0v) is 3.89. The second kappa shape index (κ2) is 2.04. The average Bonchev–Trinajstić information content (AvgIpc) is 2.14. The van der Waals surface area contributed by atoms with Gasteiger partial charge in [0.25, 0.3) is 0 Å². The third-order valence-corrected chi connectivity index (χ3v) is 0.930. The summed E-state index contributed by atoms with van der Waals surface area (Å²) in [5.41, 5.74) is 2.54. The van der Waals surface area contributed by atoms with Crippen LogP contribution in [0, 0.1) is 0 Å². The third kappa shape index (κ3) is 0.976. The minimum atomic E-state index is -0.0556. The molecule has 3 nitrogen and oxygen atoms in total. The fourth-order valence-corrected chi connectivity index (χ4v) is 0.507. The molecule has 1 atom stereocenters. The molecule has 3 heteroatoms. The number of hydrogen-bond acceptors (Lipinski definition) is 3. The molecule has 40 valence electrons. The van der Waals surface area contributed by atoms with Crippen LogP contribution < -0.4 is 5.48 Å². The number of nitrogens with one attached hydrogen (secondary N) is 1. The van der Waals surface area contributed by atoms with Crippen molar-refractivity contribution in [3.63, 3.8) is 0 Å². The van der Waals surface area contributed by atoms with Gasteiger partial charge in [-0.2, -0.15) is 5.48 Å². The molecule has 1 fully saturated rings. The molecule has 1 rings (SSSR count). The summed E-state index contributed by atoms with van der Waals surface area (Å²) >= 11 is 0. The summed E-state index contributed by atoms with van der Waals surface area (Å²) in [4.78, 5) is 14.5. The zero-order valence-electron chi connectivity index (χ0n) is 3.89. The Morgan fingerprint density at radius 1 is 1.86 bits per heavy atom. The first kappa shape index (κ1) is 4.74. The molecule has 1 heterocycles. The van der Waals surface area contributed by atoms with Crippen LogP contribution in [-0.4, -0.2) is 18.9 Å². The number of hydroxylamine groups is 1. The van der Waals surface area contributed by atoms with Gasteiger partial charge in [-0.1, -0.05) is 0 Å². The number of rotatable bonds is 1. The Labute approximate surface area is 41.6 Å². The van der Waals surface area contributed by atoms with E-state index in [4.69, 9.17) is 0 Å². The van der Waals surface area contributed by atoms with E-state index in [1.165, 1.54) is 0 Å². The molecular formula is C4H7NO2. The second-order valence-electron chi connectivity index (χ2n) is 1.50. The predicted molar refractivity (Wildman–Crippen MR) is 23.6 cm³/mol. The summed E-state index contributed by atoms with van der Waals surface area (Å²) in [6.45, 7) is 0.656. The molecule has 0 aliphatic carbocycles. The lowest BCUT2D eigenvalue weighted by molar-refractivity contribution is -0.110. The van der Waals surface area contributed by atoms with Crippen molar-refractivity contribution >= 4 is 6.29 Å². The lowest BCUT2D eigenvalue weighted by Crippen LogP contribution is -2.20. The van der Waals surface area contributed by atoms with Gasteiger partial charge in [0.05, 0.1) is 12.6 Å². The van der Waals surface area contributed by atoms with Crippen molar-refractivity contribution in [3.05, 3.63) is 0 Å². The standard InChI is InChI=1S/C4H7NO2/c6-3-4-1-2-7-5-4/h3-5H,1-2H2. The van der Waals surface area contributed by atoms with Crippen LogP contribution in [0.15, 0.2) is 0 Å². The molecule has 0 amide bonds. The zero-order chi connectivity index (χ0) is 5.11. The Bertz CT molecular complexity index is 68.1. The largest absolute Gasteiger partial charge is 0.302 e. The van der Waals surface area contributed by atoms with Crippen LogP contribution in [0.5, 0.6) is 0 Å². The van der Waals surface area contributed by atoms with E-state index in [1.54, 1.807) is 0 Å². The summed E-state index contributed by atoms with van der Waals surface area (Å²) in [6.07, 6.45) is 1.66. The minimum Gasteiger partial charge on any atom is -0.302 e. The van der Waals surface area contributed by atoms with Crippen molar-refractivity contribution < 1.29 is 9.63 Å². The molecule has 0 saturated carbocycles. The summed E-state index contributed by atoms with van der Waals surface area (Å²) in [7, 11) is 0. The van der Waals surface area contributed by atoms with E-state index in [0.717, 1.165) is 12.7 Å². The Morgan fingerprint density at radius 3 is 3.00 bits per heavy atom. The maximum absolute atomic E-state index is 9.86. The molecule has 1 aliphatic rings. The maximum Gasteiger partial charge on any atom is 0.139 e. The smallest absolute Gasteiger partial charge is 0.139 e. The summed E-state index contributed by atoms with van der Waals surface area (Å²) in [5.74, 6) is 0. The topological polar surface area (TPSA) is 38.3 Å². The molecule has 1 N–H and O–H groups in total. The first-order valence-electron chi connectivity index (χ1n) is 2.26. The lowest BCUT2D eigenvalue weighted by Gasteiger charge is -1.91. The van der Waals surface area contributed by atoms with Gasteiger partial charge < -0.3 is 9.63 Å². The summed E-state index contributed by atoms with van der Waals surface area (Å²) in [6, 6.07) is -0.0556. The molecule has 0 aromatic carbocycles. The van der Waals surface area contributed by atoms with E-state index < -0.39 is 0 Å². The molecule has 0 aromatic rings. The van der Waals surface area contributed by atoms with Gasteiger partial charge in [-0.3, -0.25) is 0 Å². The molecule has 1 unspecified atom stereocenters. The SMILES string of the molecule is O=CC1CCON1. The second-order valence-corrected chi connectivity index (χ2v) is 1.50. The molecule has 1 saturated heterocycles. The predicted octanol–water partition coefficient (Wildman–Crippen LogP) is -0.521. The first-order chi connectivity index (χ1) is 3.43. The van der Waals surface area contributed by atoms with E-state index in [9.17, 15) is 4.79 Å². The highest BCUT2D eigenvalue weighted by molar-refractivity contribution is 5.57. The van der Waals surface area contributed by atoms with Crippen LogP contribution in [-0.2, 0) is 9.63 Å². The van der Waals surface area contributed by atoms with Crippen molar-refractivity contribution in [3.8, 4) is 0 Å². The molecule has 7 heavy (non-hydrogen) atoms. The molecule has 0 bridgehead atoms. The summed E-state index contributed by atoms with van der Waals surface area (Å²) in [5, 5.41) is 0. The van der Waals surface area contributed by atoms with Gasteiger partial charge in [-0.25, -0.2) is 0 Å². The number of carbonyl (C=O) groups is 1. The Morgan fingerprint density at radius 2 is 2.71 bits per heavy atom. The quantitative estimate of drug-likeness (QED) is 0.451. The van der Waals surface area contributed by atoms with Crippen LogP contribution in [0.25, 0.3) is 0 Å². The van der Waals surface area contributed by atoms with Crippen LogP contribution in [0.3, 0.4) is 0 Å². The monoisotopic (exact) mass is 101 g/mol. The van der Waals surface area contributed by atoms with E-state index in [-0.39, 0.29) is 6.04 Å². The van der Waals surface area contributed by atoms with Gasteiger partial charge in [0, 0.05) is 0 Å². The molecule has 0 radical (unpaired) electrons. The minimum absolute atomic E-state index is 0.0556. The van der Waals surface area contributed by atoms with Crippen molar-refractivity contribution in [1.29, 1.82) is 0 Å². The molecule has 0 spiro atoms. The number of aldehydes is 1. The Kier molecular flexibility index (Phi) is 1.38. The molecular weight excluding hydrogens is 94.0 g/mol. The van der Waals surface area contributed by atoms with Crippen LogP contribution >= 0.6 is 0 Å². The van der Waals surface area contributed by atoms with E-state index >= 15 is 0 Å². The molecule has 1 aliphatic heterocycles. The lowest BCUT2D eigenvalue weighted by atomic mass is 10.3. The number of hydrogen-bond donors (Lipinski definition) is 1. The van der Waals surface area contributed by atoms with Crippen LogP contribution in [0.2, 0.25) is 0 Å². The van der Waals surface area contributed by atoms with E-state index in [0.29, 0.717) is 6.61 Å².